The number of anilines is 1. The summed E-state index contributed by atoms with van der Waals surface area (Å²) in [6, 6.07) is 0.0496. The second kappa shape index (κ2) is 6.80. The van der Waals surface area contributed by atoms with Crippen LogP contribution in [0.25, 0.3) is 5.52 Å². The molecule has 28 heavy (non-hydrogen) atoms. The molecule has 3 heterocycles. The van der Waals surface area contributed by atoms with E-state index in [1.807, 2.05) is 11.8 Å². The molecule has 0 radical (unpaired) electrons. The van der Waals surface area contributed by atoms with Crippen LogP contribution in [0.3, 0.4) is 0 Å². The number of halogens is 1. The fourth-order valence-corrected chi connectivity index (χ4v) is 4.31. The van der Waals surface area contributed by atoms with Gasteiger partial charge >= 0.3 is 5.69 Å². The van der Waals surface area contributed by atoms with Gasteiger partial charge in [-0.3, -0.25) is 9.20 Å². The number of rotatable bonds is 5. The second-order valence-electron chi connectivity index (χ2n) is 7.79. The summed E-state index contributed by atoms with van der Waals surface area (Å²) >= 11 is 0. The van der Waals surface area contributed by atoms with E-state index >= 15 is 4.39 Å². The van der Waals surface area contributed by atoms with Gasteiger partial charge in [0.25, 0.3) is 5.56 Å². The van der Waals surface area contributed by atoms with Crippen molar-refractivity contribution in [1.29, 1.82) is 0 Å². The van der Waals surface area contributed by atoms with Crippen molar-refractivity contribution in [3.05, 3.63) is 38.4 Å². The SMILES string of the molecule is CCC(N)C1CCN(c2c(F)cn3c(=O)n(N)c(=O)c(C4CC4)c3c2OC)C1. The van der Waals surface area contributed by atoms with Gasteiger partial charge in [0.15, 0.2) is 11.6 Å². The molecule has 2 unspecified atom stereocenters. The van der Waals surface area contributed by atoms with E-state index < -0.39 is 17.1 Å². The number of nitrogens with zero attached hydrogens (tertiary/aromatic N) is 3. The lowest BCUT2D eigenvalue weighted by Crippen LogP contribution is -2.44. The Labute approximate surface area is 161 Å². The monoisotopic (exact) mass is 391 g/mol. The molecule has 0 aromatic carbocycles. The summed E-state index contributed by atoms with van der Waals surface area (Å²) in [6.45, 7) is 3.28. The molecule has 2 atom stereocenters. The molecule has 1 saturated heterocycles. The largest absolute Gasteiger partial charge is 0.492 e. The summed E-state index contributed by atoms with van der Waals surface area (Å²) in [4.78, 5) is 27.1. The van der Waals surface area contributed by atoms with Crippen molar-refractivity contribution in [3.63, 3.8) is 0 Å². The van der Waals surface area contributed by atoms with Gasteiger partial charge < -0.3 is 21.2 Å². The van der Waals surface area contributed by atoms with Crippen molar-refractivity contribution in [2.75, 3.05) is 30.9 Å². The Kier molecular flexibility index (Phi) is 4.57. The number of hydrogen-bond donors (Lipinski definition) is 2. The van der Waals surface area contributed by atoms with Crippen LogP contribution in [0.5, 0.6) is 5.75 Å². The van der Waals surface area contributed by atoms with Crippen LogP contribution in [0.2, 0.25) is 0 Å². The topological polar surface area (TPSA) is 108 Å². The summed E-state index contributed by atoms with van der Waals surface area (Å²) in [6.07, 6.45) is 4.48. The maximum Gasteiger partial charge on any atom is 0.354 e. The number of aromatic nitrogens is 2. The fraction of sp³-hybridized carbons (Fsp3) is 0.579. The van der Waals surface area contributed by atoms with E-state index in [1.165, 1.54) is 7.11 Å². The number of hydrogen-bond acceptors (Lipinski definition) is 6. The molecule has 0 spiro atoms. The van der Waals surface area contributed by atoms with Crippen LogP contribution in [-0.4, -0.2) is 35.3 Å². The summed E-state index contributed by atoms with van der Waals surface area (Å²) in [5.41, 5.74) is 5.87. The number of nitrogens with two attached hydrogens (primary N) is 2. The van der Waals surface area contributed by atoms with E-state index in [4.69, 9.17) is 16.3 Å². The van der Waals surface area contributed by atoms with Crippen LogP contribution in [0.15, 0.2) is 15.8 Å². The second-order valence-corrected chi connectivity index (χ2v) is 7.79. The first-order valence-electron chi connectivity index (χ1n) is 9.72. The van der Waals surface area contributed by atoms with E-state index in [-0.39, 0.29) is 29.3 Å². The lowest BCUT2D eigenvalue weighted by molar-refractivity contribution is 0.411. The minimum Gasteiger partial charge on any atom is -0.492 e. The molecule has 8 nitrogen and oxygen atoms in total. The lowest BCUT2D eigenvalue weighted by Gasteiger charge is -2.25. The smallest absolute Gasteiger partial charge is 0.354 e. The van der Waals surface area contributed by atoms with Crippen molar-refractivity contribution in [3.8, 4) is 5.75 Å². The fourth-order valence-electron chi connectivity index (χ4n) is 4.31. The Morgan fingerprint density at radius 3 is 2.64 bits per heavy atom. The predicted octanol–water partition coefficient (Wildman–Crippen LogP) is 0.764. The van der Waals surface area contributed by atoms with Gasteiger partial charge in [0.1, 0.15) is 11.2 Å². The third-order valence-corrected chi connectivity index (χ3v) is 6.06. The molecule has 2 aliphatic rings. The van der Waals surface area contributed by atoms with Crippen LogP contribution in [0, 0.1) is 11.7 Å². The first kappa shape index (κ1) is 18.8. The Morgan fingerprint density at radius 2 is 2.04 bits per heavy atom. The number of ether oxygens (including phenoxy) is 1. The number of nitrogen functional groups attached to an aromatic ring is 1. The Balaban J connectivity index is 1.95. The Bertz CT molecular complexity index is 1040. The summed E-state index contributed by atoms with van der Waals surface area (Å²) < 4.78 is 22.4. The van der Waals surface area contributed by atoms with Crippen molar-refractivity contribution in [2.24, 2.45) is 11.7 Å². The minimum atomic E-state index is -0.791. The zero-order chi connectivity index (χ0) is 20.2. The van der Waals surface area contributed by atoms with Crippen molar-refractivity contribution in [1.82, 2.24) is 9.08 Å². The number of pyridine rings is 1. The molecular weight excluding hydrogens is 365 g/mol. The van der Waals surface area contributed by atoms with Crippen molar-refractivity contribution >= 4 is 11.2 Å². The third kappa shape index (κ3) is 2.76. The number of methoxy groups -OCH3 is 1. The molecule has 2 fully saturated rings. The van der Waals surface area contributed by atoms with Crippen LogP contribution in [0.1, 0.15) is 44.1 Å². The molecule has 0 bridgehead atoms. The van der Waals surface area contributed by atoms with Gasteiger partial charge in [-0.25, -0.2) is 9.18 Å². The highest BCUT2D eigenvalue weighted by Crippen LogP contribution is 2.45. The quantitative estimate of drug-likeness (QED) is 0.729. The van der Waals surface area contributed by atoms with Gasteiger partial charge in [-0.2, -0.15) is 4.68 Å². The highest BCUT2D eigenvalue weighted by atomic mass is 19.1. The molecule has 0 amide bonds. The molecule has 9 heteroatoms. The van der Waals surface area contributed by atoms with Crippen LogP contribution in [0.4, 0.5) is 10.1 Å². The number of fused-ring (bicyclic) bond motifs is 1. The van der Waals surface area contributed by atoms with Gasteiger partial charge in [0.2, 0.25) is 0 Å². The molecular formula is C19H26FN5O3. The zero-order valence-electron chi connectivity index (χ0n) is 16.2. The van der Waals surface area contributed by atoms with Crippen molar-refractivity contribution < 1.29 is 9.13 Å². The highest BCUT2D eigenvalue weighted by molar-refractivity contribution is 5.78. The molecule has 1 aliphatic carbocycles. The molecule has 152 valence electrons. The standard InChI is InChI=1S/C19H26FN5O3/c1-3-13(21)11-6-7-23(8-11)15-12(20)9-24-16(17(15)28-2)14(10-4-5-10)18(26)25(22)19(24)27/h9-11,13H,3-8,21-22H2,1-2H3. The molecule has 1 saturated carbocycles. The average molecular weight is 391 g/mol. The maximum absolute atomic E-state index is 15.1. The van der Waals surface area contributed by atoms with Gasteiger partial charge in [0, 0.05) is 19.1 Å². The summed E-state index contributed by atoms with van der Waals surface area (Å²) in [5.74, 6) is 5.55. The van der Waals surface area contributed by atoms with E-state index in [1.54, 1.807) is 0 Å². The molecule has 1 aliphatic heterocycles. The normalized spacial score (nSPS) is 20.7. The van der Waals surface area contributed by atoms with Crippen molar-refractivity contribution in [2.45, 2.75) is 44.6 Å². The third-order valence-electron chi connectivity index (χ3n) is 6.06. The van der Waals surface area contributed by atoms with E-state index in [2.05, 4.69) is 0 Å². The van der Waals surface area contributed by atoms with Gasteiger partial charge in [-0.15, -0.1) is 0 Å². The predicted molar refractivity (Wildman–Crippen MR) is 105 cm³/mol. The Morgan fingerprint density at radius 1 is 1.32 bits per heavy atom. The molecule has 4 N–H and O–H groups in total. The minimum absolute atomic E-state index is 0.00458. The Hall–Kier alpha value is -2.55. The lowest BCUT2D eigenvalue weighted by atomic mass is 9.98. The van der Waals surface area contributed by atoms with Gasteiger partial charge in [0.05, 0.1) is 18.9 Å². The zero-order valence-corrected chi connectivity index (χ0v) is 16.2. The van der Waals surface area contributed by atoms with Gasteiger partial charge in [-0.05, 0) is 37.5 Å². The maximum atomic E-state index is 15.1. The molecule has 2 aromatic rings. The molecule has 2 aromatic heterocycles. The first-order chi connectivity index (χ1) is 13.4. The van der Waals surface area contributed by atoms with E-state index in [9.17, 15) is 9.59 Å². The van der Waals surface area contributed by atoms with Crippen LogP contribution < -0.4 is 32.5 Å². The van der Waals surface area contributed by atoms with E-state index in [0.29, 0.717) is 28.8 Å². The van der Waals surface area contributed by atoms with E-state index in [0.717, 1.165) is 36.3 Å². The van der Waals surface area contributed by atoms with Crippen LogP contribution >= 0.6 is 0 Å². The van der Waals surface area contributed by atoms with Crippen LogP contribution in [-0.2, 0) is 0 Å². The first-order valence-corrected chi connectivity index (χ1v) is 9.72. The summed E-state index contributed by atoms with van der Waals surface area (Å²) in [5, 5.41) is 0. The average Bonchev–Trinajstić information content (AvgIpc) is 3.41. The highest BCUT2D eigenvalue weighted by Gasteiger charge is 2.35. The van der Waals surface area contributed by atoms with Gasteiger partial charge in [-0.1, -0.05) is 6.92 Å². The summed E-state index contributed by atoms with van der Waals surface area (Å²) in [7, 11) is 1.43. The molecule has 4 rings (SSSR count).